The molecular weight excluding hydrogens is 534 g/mol. The van der Waals surface area contributed by atoms with Crippen molar-refractivity contribution in [2.75, 3.05) is 13.7 Å². The van der Waals surface area contributed by atoms with Gasteiger partial charge in [-0.15, -0.1) is 0 Å². The third-order valence-corrected chi connectivity index (χ3v) is 6.38. The maximum Gasteiger partial charge on any atom is 0.336 e. The zero-order valence-electron chi connectivity index (χ0n) is 23.6. The van der Waals surface area contributed by atoms with Gasteiger partial charge in [-0.3, -0.25) is 14.9 Å². The maximum absolute atomic E-state index is 13.6. The molecule has 0 spiro atoms. The smallest absolute Gasteiger partial charge is 0.336 e. The van der Waals surface area contributed by atoms with Crippen molar-refractivity contribution in [2.45, 2.75) is 52.0 Å². The van der Waals surface area contributed by atoms with E-state index in [1.807, 2.05) is 6.92 Å². The normalized spacial score (nSPS) is 14.9. The molecule has 5 N–H and O–H groups in total. The number of ether oxygens (including phenoxy) is 2. The van der Waals surface area contributed by atoms with Gasteiger partial charge in [-0.2, -0.15) is 0 Å². The number of hydrogen-bond acceptors (Lipinski definition) is 9. The van der Waals surface area contributed by atoms with E-state index >= 15 is 0 Å². The van der Waals surface area contributed by atoms with Crippen LogP contribution in [0.1, 0.15) is 51.2 Å². The summed E-state index contributed by atoms with van der Waals surface area (Å²) in [4.78, 5) is 50.0. The summed E-state index contributed by atoms with van der Waals surface area (Å²) in [5.41, 5.74) is 1.13. The topological polar surface area (TPSA) is 189 Å². The number of nitrogens with one attached hydrogen (secondary N) is 2. The number of phenolic OH excluding ortho intramolecular Hbond substituents is 1. The number of rotatable bonds is 10. The molecular formula is C29H35N3O9. The molecule has 2 aromatic carbocycles. The van der Waals surface area contributed by atoms with Crippen LogP contribution in [0.25, 0.3) is 0 Å². The van der Waals surface area contributed by atoms with Crippen molar-refractivity contribution in [3.63, 3.8) is 0 Å². The summed E-state index contributed by atoms with van der Waals surface area (Å²) >= 11 is 0. The lowest BCUT2D eigenvalue weighted by Gasteiger charge is -2.32. The summed E-state index contributed by atoms with van der Waals surface area (Å²) in [5.74, 6) is -2.62. The van der Waals surface area contributed by atoms with Crippen molar-refractivity contribution < 1.29 is 39.4 Å². The molecule has 0 saturated heterocycles. The Morgan fingerprint density at radius 1 is 1.10 bits per heavy atom. The molecule has 0 aromatic heterocycles. The molecule has 0 saturated carbocycles. The fourth-order valence-electron chi connectivity index (χ4n) is 4.53. The second kappa shape index (κ2) is 13.6. The van der Waals surface area contributed by atoms with Gasteiger partial charge in [0.1, 0.15) is 12.4 Å². The number of allylic oxidation sites excluding steroid dienone is 2. The SMILES string of the molecule is CCC1=C(C(=O)OCC(C)(C)NC(=O)Cc2ccc(O)cc2)C(c2cccc([N+](=O)[O-])c2)C(C(=O)OC)=C(C)N1.O. The second-order valence-electron chi connectivity index (χ2n) is 10.0. The number of non-ortho nitro benzene ring substituents is 1. The van der Waals surface area contributed by atoms with Crippen molar-refractivity contribution in [3.8, 4) is 5.75 Å². The Bertz CT molecular complexity index is 1380. The van der Waals surface area contributed by atoms with E-state index in [4.69, 9.17) is 9.47 Å². The van der Waals surface area contributed by atoms with Crippen molar-refractivity contribution in [3.05, 3.63) is 92.3 Å². The monoisotopic (exact) mass is 569 g/mol. The number of aromatic hydroxyl groups is 1. The Labute approximate surface area is 237 Å². The van der Waals surface area contributed by atoms with Crippen molar-refractivity contribution in [2.24, 2.45) is 0 Å². The maximum atomic E-state index is 13.6. The van der Waals surface area contributed by atoms with E-state index < -0.39 is 28.3 Å². The van der Waals surface area contributed by atoms with E-state index in [1.165, 1.54) is 37.4 Å². The van der Waals surface area contributed by atoms with Gasteiger partial charge in [-0.25, -0.2) is 9.59 Å². The predicted molar refractivity (Wildman–Crippen MR) is 150 cm³/mol. The Morgan fingerprint density at radius 3 is 2.34 bits per heavy atom. The quantitative estimate of drug-likeness (QED) is 0.219. The fraction of sp³-hybridized carbons (Fsp3) is 0.345. The zero-order valence-corrected chi connectivity index (χ0v) is 23.6. The van der Waals surface area contributed by atoms with E-state index in [2.05, 4.69) is 10.6 Å². The summed E-state index contributed by atoms with van der Waals surface area (Å²) in [5, 5.41) is 26.8. The van der Waals surface area contributed by atoms with E-state index in [1.54, 1.807) is 39.0 Å². The molecule has 1 amide bonds. The first-order valence-corrected chi connectivity index (χ1v) is 12.7. The highest BCUT2D eigenvalue weighted by molar-refractivity contribution is 6.00. The van der Waals surface area contributed by atoms with Gasteiger partial charge < -0.3 is 30.7 Å². The van der Waals surface area contributed by atoms with E-state index in [9.17, 15) is 29.6 Å². The highest BCUT2D eigenvalue weighted by Crippen LogP contribution is 2.40. The molecule has 0 fully saturated rings. The number of benzene rings is 2. The van der Waals surface area contributed by atoms with Gasteiger partial charge in [0.05, 0.1) is 41.1 Å². The molecule has 2 aromatic rings. The van der Waals surface area contributed by atoms with E-state index in [0.717, 1.165) is 0 Å². The molecule has 1 aliphatic heterocycles. The number of nitro benzene ring substituents is 1. The number of carbonyl (C=O) groups excluding carboxylic acids is 3. The van der Waals surface area contributed by atoms with Gasteiger partial charge in [0, 0.05) is 23.5 Å². The van der Waals surface area contributed by atoms with Crippen molar-refractivity contribution in [1.29, 1.82) is 0 Å². The lowest BCUT2D eigenvalue weighted by Crippen LogP contribution is -2.48. The number of hydrogen-bond donors (Lipinski definition) is 3. The van der Waals surface area contributed by atoms with Crippen LogP contribution >= 0.6 is 0 Å². The predicted octanol–water partition coefficient (Wildman–Crippen LogP) is 2.95. The Hall–Kier alpha value is -4.71. The molecule has 12 heteroatoms. The van der Waals surface area contributed by atoms with E-state index in [-0.39, 0.29) is 47.0 Å². The zero-order chi connectivity index (χ0) is 29.6. The summed E-state index contributed by atoms with van der Waals surface area (Å²) in [7, 11) is 1.22. The second-order valence-corrected chi connectivity index (χ2v) is 10.0. The lowest BCUT2D eigenvalue weighted by atomic mass is 9.79. The number of carbonyl (C=O) groups is 3. The van der Waals surface area contributed by atoms with Gasteiger partial charge in [-0.05, 0) is 50.5 Å². The standard InChI is InChI=1S/C29H33N3O8.H2O/c1-6-22-26(28(36)40-16-29(3,4)31-23(34)14-18-10-12-21(33)13-11-18)25(24(17(2)30-22)27(35)39-5)19-8-7-9-20(15-19)32(37)38;/h7-13,15,25,30,33H,6,14,16H2,1-5H3,(H,31,34);1H2. The summed E-state index contributed by atoms with van der Waals surface area (Å²) in [6.07, 6.45) is 0.447. The Balaban J connectivity index is 0.00000588. The average Bonchev–Trinajstić information content (AvgIpc) is 2.91. The number of nitro groups is 1. The average molecular weight is 570 g/mol. The van der Waals surface area contributed by atoms with Gasteiger partial charge in [0.25, 0.3) is 5.69 Å². The van der Waals surface area contributed by atoms with Gasteiger partial charge in [0.15, 0.2) is 0 Å². The molecule has 12 nitrogen and oxygen atoms in total. The first-order chi connectivity index (χ1) is 18.9. The van der Waals surface area contributed by atoms with Crippen LogP contribution in [0.3, 0.4) is 0 Å². The van der Waals surface area contributed by atoms with Crippen LogP contribution in [0, 0.1) is 10.1 Å². The molecule has 1 atom stereocenters. The van der Waals surface area contributed by atoms with Crippen LogP contribution in [-0.4, -0.2) is 52.6 Å². The third kappa shape index (κ3) is 7.92. The molecule has 0 radical (unpaired) electrons. The first kappa shape index (κ1) is 32.5. The molecule has 3 rings (SSSR count). The minimum atomic E-state index is -0.983. The summed E-state index contributed by atoms with van der Waals surface area (Å²) < 4.78 is 10.7. The highest BCUT2D eigenvalue weighted by atomic mass is 16.6. The number of nitrogens with zero attached hydrogens (tertiary/aromatic N) is 1. The van der Waals surface area contributed by atoms with Crippen LogP contribution in [-0.2, 0) is 30.3 Å². The molecule has 1 aliphatic rings. The van der Waals surface area contributed by atoms with Crippen LogP contribution < -0.4 is 10.6 Å². The minimum Gasteiger partial charge on any atom is -0.508 e. The summed E-state index contributed by atoms with van der Waals surface area (Å²) in [6, 6.07) is 12.0. The molecule has 1 unspecified atom stereocenters. The van der Waals surface area contributed by atoms with Crippen molar-refractivity contribution in [1.82, 2.24) is 10.6 Å². The number of dihydropyridines is 1. The largest absolute Gasteiger partial charge is 0.508 e. The Morgan fingerprint density at radius 2 is 1.76 bits per heavy atom. The molecule has 1 heterocycles. The molecule has 220 valence electrons. The number of esters is 2. The number of amides is 1. The van der Waals surface area contributed by atoms with Crippen LogP contribution in [0.15, 0.2) is 71.1 Å². The summed E-state index contributed by atoms with van der Waals surface area (Å²) in [6.45, 7) is 6.70. The first-order valence-electron chi connectivity index (χ1n) is 12.7. The lowest BCUT2D eigenvalue weighted by molar-refractivity contribution is -0.384. The van der Waals surface area contributed by atoms with Crippen LogP contribution in [0.5, 0.6) is 5.75 Å². The minimum absolute atomic E-state index is 0. The highest BCUT2D eigenvalue weighted by Gasteiger charge is 2.39. The van der Waals surface area contributed by atoms with Crippen molar-refractivity contribution >= 4 is 23.5 Å². The third-order valence-electron chi connectivity index (χ3n) is 6.38. The van der Waals surface area contributed by atoms with Crippen LogP contribution in [0.4, 0.5) is 5.69 Å². The van der Waals surface area contributed by atoms with Gasteiger partial charge in [0.2, 0.25) is 5.91 Å². The molecule has 0 aliphatic carbocycles. The Kier molecular flexibility index (Phi) is 10.8. The fourth-order valence-corrected chi connectivity index (χ4v) is 4.53. The molecule has 0 bridgehead atoms. The van der Waals surface area contributed by atoms with Gasteiger partial charge >= 0.3 is 11.9 Å². The number of methoxy groups -OCH3 is 1. The van der Waals surface area contributed by atoms with Crippen LogP contribution in [0.2, 0.25) is 0 Å². The van der Waals surface area contributed by atoms with E-state index in [0.29, 0.717) is 28.9 Å². The number of phenols is 1. The molecule has 41 heavy (non-hydrogen) atoms. The van der Waals surface area contributed by atoms with Gasteiger partial charge in [-0.1, -0.05) is 31.2 Å².